The Balaban J connectivity index is 2.28. The van der Waals surface area contributed by atoms with Crippen LogP contribution in [-0.4, -0.2) is 18.5 Å². The lowest BCUT2D eigenvalue weighted by atomic mass is 10.1. The van der Waals surface area contributed by atoms with Crippen molar-refractivity contribution in [2.24, 2.45) is 0 Å². The number of imide groups is 1. The molecule has 1 heterocycles. The molecule has 0 aromatic heterocycles. The zero-order valence-electron chi connectivity index (χ0n) is 10.1. The van der Waals surface area contributed by atoms with Crippen LogP contribution in [0, 0.1) is 6.92 Å². The molecule has 0 unspecified atom stereocenters. The van der Waals surface area contributed by atoms with E-state index in [0.717, 1.165) is 17.7 Å². The van der Waals surface area contributed by atoms with E-state index >= 15 is 0 Å². The molecule has 1 fully saturated rings. The van der Waals surface area contributed by atoms with Crippen LogP contribution in [0.5, 0.6) is 0 Å². The number of aryl methyl sites for hydroxylation is 2. The summed E-state index contributed by atoms with van der Waals surface area (Å²) in [5.74, 6) is -0.200. The lowest BCUT2D eigenvalue weighted by molar-refractivity contribution is -0.120. The maximum atomic E-state index is 11.7. The molecule has 90 valence electrons. The smallest absolute Gasteiger partial charge is 0.293 e. The first-order chi connectivity index (χ1) is 8.11. The van der Waals surface area contributed by atoms with E-state index in [0.29, 0.717) is 13.0 Å². The summed E-state index contributed by atoms with van der Waals surface area (Å²) in [6.07, 6.45) is 1.34. The first-order valence-corrected chi connectivity index (χ1v) is 5.82. The van der Waals surface area contributed by atoms with Crippen LogP contribution in [0.15, 0.2) is 18.2 Å². The third-order valence-corrected chi connectivity index (χ3v) is 3.01. The number of hydrogen-bond acceptors (Lipinski definition) is 2. The summed E-state index contributed by atoms with van der Waals surface area (Å²) in [7, 11) is 0. The number of urea groups is 1. The molecule has 4 nitrogen and oxygen atoms in total. The fourth-order valence-electron chi connectivity index (χ4n) is 2.03. The van der Waals surface area contributed by atoms with Gasteiger partial charge < -0.3 is 0 Å². The Kier molecular flexibility index (Phi) is 3.13. The van der Waals surface area contributed by atoms with Gasteiger partial charge in [-0.3, -0.25) is 15.0 Å². The molecule has 1 aliphatic rings. The molecule has 0 saturated carbocycles. The van der Waals surface area contributed by atoms with Gasteiger partial charge in [0.05, 0.1) is 0 Å². The normalized spacial score (nSPS) is 16.0. The van der Waals surface area contributed by atoms with Gasteiger partial charge in [-0.2, -0.15) is 0 Å². The Labute approximate surface area is 101 Å². The van der Waals surface area contributed by atoms with Crippen molar-refractivity contribution in [1.29, 1.82) is 0 Å². The molecule has 1 aromatic rings. The first kappa shape index (κ1) is 11.6. The Hall–Kier alpha value is -1.84. The molecule has 4 heteroatoms. The minimum atomic E-state index is -0.325. The third kappa shape index (κ3) is 2.30. The van der Waals surface area contributed by atoms with Crippen LogP contribution in [0.2, 0.25) is 0 Å². The van der Waals surface area contributed by atoms with E-state index in [1.54, 1.807) is 4.90 Å². The molecule has 1 N–H and O–H groups in total. The zero-order chi connectivity index (χ0) is 12.4. The third-order valence-electron chi connectivity index (χ3n) is 3.01. The summed E-state index contributed by atoms with van der Waals surface area (Å²) < 4.78 is 0. The Morgan fingerprint density at radius 1 is 1.35 bits per heavy atom. The van der Waals surface area contributed by atoms with Gasteiger partial charge >= 0.3 is 6.03 Å². The van der Waals surface area contributed by atoms with E-state index in [9.17, 15) is 9.59 Å². The van der Waals surface area contributed by atoms with E-state index < -0.39 is 0 Å². The number of benzene rings is 1. The second-order valence-electron chi connectivity index (χ2n) is 4.23. The van der Waals surface area contributed by atoms with E-state index in [4.69, 9.17) is 0 Å². The van der Waals surface area contributed by atoms with Crippen molar-refractivity contribution in [2.75, 3.05) is 11.4 Å². The molecule has 1 aromatic carbocycles. The van der Waals surface area contributed by atoms with Crippen molar-refractivity contribution in [3.05, 3.63) is 29.3 Å². The molecule has 0 bridgehead atoms. The first-order valence-electron chi connectivity index (χ1n) is 5.82. The highest BCUT2D eigenvalue weighted by molar-refractivity contribution is 6.05. The van der Waals surface area contributed by atoms with Crippen LogP contribution < -0.4 is 10.2 Å². The van der Waals surface area contributed by atoms with E-state index in [2.05, 4.69) is 18.3 Å². The number of nitrogens with zero attached hydrogens (tertiary/aromatic N) is 1. The SMILES string of the molecule is CCc1ccc(N2CCC(=O)NC2=O)c(C)c1. The molecule has 0 atom stereocenters. The number of amides is 3. The number of carbonyl (C=O) groups excluding carboxylic acids is 2. The van der Waals surface area contributed by atoms with Gasteiger partial charge in [-0.1, -0.05) is 19.1 Å². The van der Waals surface area contributed by atoms with Crippen molar-refractivity contribution in [3.8, 4) is 0 Å². The fraction of sp³-hybridized carbons (Fsp3) is 0.385. The second kappa shape index (κ2) is 4.57. The second-order valence-corrected chi connectivity index (χ2v) is 4.23. The zero-order valence-corrected chi connectivity index (χ0v) is 10.1. The lowest BCUT2D eigenvalue weighted by Gasteiger charge is -2.28. The highest BCUT2D eigenvalue weighted by Gasteiger charge is 2.24. The average molecular weight is 232 g/mol. The largest absolute Gasteiger partial charge is 0.328 e. The van der Waals surface area contributed by atoms with E-state index in [1.807, 2.05) is 19.1 Å². The fourth-order valence-corrected chi connectivity index (χ4v) is 2.03. The van der Waals surface area contributed by atoms with Gasteiger partial charge in [-0.05, 0) is 30.5 Å². The lowest BCUT2D eigenvalue weighted by Crippen LogP contribution is -2.49. The standard InChI is InChI=1S/C13H16N2O2/c1-3-10-4-5-11(9(2)8-10)15-7-6-12(16)14-13(15)17/h4-5,8H,3,6-7H2,1-2H3,(H,14,16,17). The monoisotopic (exact) mass is 232 g/mol. The van der Waals surface area contributed by atoms with Crippen LogP contribution in [-0.2, 0) is 11.2 Å². The van der Waals surface area contributed by atoms with Gasteiger partial charge in [0, 0.05) is 18.7 Å². The Bertz CT molecular complexity index is 468. The van der Waals surface area contributed by atoms with E-state index in [-0.39, 0.29) is 11.9 Å². The van der Waals surface area contributed by atoms with Gasteiger partial charge in [0.1, 0.15) is 0 Å². The summed E-state index contributed by atoms with van der Waals surface area (Å²) in [6.45, 7) is 4.54. The summed E-state index contributed by atoms with van der Waals surface area (Å²) in [4.78, 5) is 24.4. The predicted molar refractivity (Wildman–Crippen MR) is 66.1 cm³/mol. The maximum absolute atomic E-state index is 11.7. The molecule has 17 heavy (non-hydrogen) atoms. The average Bonchev–Trinajstić information content (AvgIpc) is 2.30. The Morgan fingerprint density at radius 3 is 2.71 bits per heavy atom. The Morgan fingerprint density at radius 2 is 2.12 bits per heavy atom. The molecular weight excluding hydrogens is 216 g/mol. The van der Waals surface area contributed by atoms with Gasteiger partial charge in [-0.25, -0.2) is 4.79 Å². The van der Waals surface area contributed by atoms with Crippen LogP contribution in [0.1, 0.15) is 24.5 Å². The summed E-state index contributed by atoms with van der Waals surface area (Å²) in [5.41, 5.74) is 3.20. The summed E-state index contributed by atoms with van der Waals surface area (Å²) in [5, 5.41) is 2.33. The topological polar surface area (TPSA) is 49.4 Å². The van der Waals surface area contributed by atoms with Crippen molar-refractivity contribution in [1.82, 2.24) is 5.32 Å². The minimum Gasteiger partial charge on any atom is -0.293 e. The molecule has 0 radical (unpaired) electrons. The maximum Gasteiger partial charge on any atom is 0.328 e. The summed E-state index contributed by atoms with van der Waals surface area (Å²) in [6, 6.07) is 5.72. The molecular formula is C13H16N2O2. The number of anilines is 1. The summed E-state index contributed by atoms with van der Waals surface area (Å²) >= 11 is 0. The van der Waals surface area contributed by atoms with Crippen LogP contribution in [0.25, 0.3) is 0 Å². The van der Waals surface area contributed by atoms with Gasteiger partial charge in [0.25, 0.3) is 0 Å². The number of nitrogens with one attached hydrogen (secondary N) is 1. The highest BCUT2D eigenvalue weighted by atomic mass is 16.2. The molecule has 0 spiro atoms. The van der Waals surface area contributed by atoms with Gasteiger partial charge in [0.15, 0.2) is 0 Å². The number of hydrogen-bond donors (Lipinski definition) is 1. The van der Waals surface area contributed by atoms with Crippen molar-refractivity contribution in [3.63, 3.8) is 0 Å². The van der Waals surface area contributed by atoms with Gasteiger partial charge in [-0.15, -0.1) is 0 Å². The molecule has 1 aliphatic heterocycles. The molecule has 2 rings (SSSR count). The van der Waals surface area contributed by atoms with Gasteiger partial charge in [0.2, 0.25) is 5.91 Å². The van der Waals surface area contributed by atoms with Crippen molar-refractivity contribution < 1.29 is 9.59 Å². The van der Waals surface area contributed by atoms with Crippen molar-refractivity contribution >= 4 is 17.6 Å². The van der Waals surface area contributed by atoms with Crippen LogP contribution in [0.3, 0.4) is 0 Å². The van der Waals surface area contributed by atoms with Crippen LogP contribution in [0.4, 0.5) is 10.5 Å². The number of rotatable bonds is 2. The predicted octanol–water partition coefficient (Wildman–Crippen LogP) is 2.00. The number of carbonyl (C=O) groups is 2. The highest BCUT2D eigenvalue weighted by Crippen LogP contribution is 2.23. The molecule has 3 amide bonds. The minimum absolute atomic E-state index is 0.200. The quantitative estimate of drug-likeness (QED) is 0.847. The van der Waals surface area contributed by atoms with Crippen LogP contribution >= 0.6 is 0 Å². The van der Waals surface area contributed by atoms with Crippen molar-refractivity contribution in [2.45, 2.75) is 26.7 Å². The molecule has 1 saturated heterocycles. The molecule has 0 aliphatic carbocycles. The van der Waals surface area contributed by atoms with E-state index in [1.165, 1.54) is 5.56 Å².